The van der Waals surface area contributed by atoms with Crippen LogP contribution in [0.1, 0.15) is 44.9 Å². The standard InChI is InChI=1S/C19H28N2O4S/c1-25-17-9-11-18(12-10-17)26(23,24)21-13-5-6-15(14-21)19(22)20-16-7-3-2-4-8-16/h9-12,15-16H,2-8,13-14H2,1H3,(H,20,22)/t15-/m1/s1. The van der Waals surface area contributed by atoms with Gasteiger partial charge in [0.2, 0.25) is 15.9 Å². The second-order valence-electron chi connectivity index (χ2n) is 7.22. The Balaban J connectivity index is 1.65. The Morgan fingerprint density at radius 1 is 1.08 bits per heavy atom. The Bertz CT molecular complexity index is 712. The van der Waals surface area contributed by atoms with Gasteiger partial charge in [-0.2, -0.15) is 4.31 Å². The molecule has 1 saturated heterocycles. The van der Waals surface area contributed by atoms with Crippen LogP contribution in [-0.2, 0) is 14.8 Å². The SMILES string of the molecule is COc1ccc(S(=O)(=O)N2CCC[C@@H](C(=O)NC3CCCCC3)C2)cc1. The van der Waals surface area contributed by atoms with Crippen molar-refractivity contribution < 1.29 is 17.9 Å². The fourth-order valence-corrected chi connectivity index (χ4v) is 5.36. The third kappa shape index (κ3) is 4.38. The number of rotatable bonds is 5. The topological polar surface area (TPSA) is 75.7 Å². The molecule has 0 radical (unpaired) electrons. The summed E-state index contributed by atoms with van der Waals surface area (Å²) in [7, 11) is -2.04. The molecule has 1 saturated carbocycles. The quantitative estimate of drug-likeness (QED) is 0.852. The van der Waals surface area contributed by atoms with Crippen molar-refractivity contribution >= 4 is 15.9 Å². The Morgan fingerprint density at radius 2 is 1.77 bits per heavy atom. The van der Waals surface area contributed by atoms with Crippen LogP contribution in [-0.4, -0.2) is 44.9 Å². The number of amides is 1. The number of nitrogens with zero attached hydrogens (tertiary/aromatic N) is 1. The number of carbonyl (C=O) groups excluding carboxylic acids is 1. The van der Waals surface area contributed by atoms with Crippen molar-refractivity contribution in [1.29, 1.82) is 0 Å². The number of methoxy groups -OCH3 is 1. The van der Waals surface area contributed by atoms with E-state index in [2.05, 4.69) is 5.32 Å². The summed E-state index contributed by atoms with van der Waals surface area (Å²) in [4.78, 5) is 12.9. The van der Waals surface area contributed by atoms with Gasteiger partial charge in [-0.1, -0.05) is 19.3 Å². The molecule has 1 aromatic rings. The number of nitrogens with one attached hydrogen (secondary N) is 1. The van der Waals surface area contributed by atoms with Gasteiger partial charge in [0.05, 0.1) is 17.9 Å². The van der Waals surface area contributed by atoms with Crippen LogP contribution in [0.15, 0.2) is 29.2 Å². The minimum absolute atomic E-state index is 0.00605. The molecule has 1 aliphatic carbocycles. The lowest BCUT2D eigenvalue weighted by Crippen LogP contribution is -2.47. The number of hydrogen-bond acceptors (Lipinski definition) is 4. The molecule has 1 aliphatic heterocycles. The van der Waals surface area contributed by atoms with Crippen molar-refractivity contribution in [3.8, 4) is 5.75 Å². The van der Waals surface area contributed by atoms with Crippen molar-refractivity contribution in [2.75, 3.05) is 20.2 Å². The van der Waals surface area contributed by atoms with E-state index in [1.807, 2.05) is 0 Å². The molecule has 3 rings (SSSR count). The summed E-state index contributed by atoms with van der Waals surface area (Å²) >= 11 is 0. The minimum Gasteiger partial charge on any atom is -0.497 e. The fraction of sp³-hybridized carbons (Fsp3) is 0.632. The van der Waals surface area contributed by atoms with Gasteiger partial charge in [0.1, 0.15) is 5.75 Å². The molecule has 1 heterocycles. The van der Waals surface area contributed by atoms with Gasteiger partial charge in [-0.15, -0.1) is 0 Å². The zero-order valence-electron chi connectivity index (χ0n) is 15.3. The third-order valence-corrected chi connectivity index (χ3v) is 7.28. The normalized spacial score (nSPS) is 22.7. The van der Waals surface area contributed by atoms with E-state index in [4.69, 9.17) is 4.74 Å². The van der Waals surface area contributed by atoms with E-state index in [9.17, 15) is 13.2 Å². The van der Waals surface area contributed by atoms with E-state index in [-0.39, 0.29) is 29.3 Å². The second-order valence-corrected chi connectivity index (χ2v) is 9.16. The number of hydrogen-bond donors (Lipinski definition) is 1. The van der Waals surface area contributed by atoms with Gasteiger partial charge >= 0.3 is 0 Å². The highest BCUT2D eigenvalue weighted by molar-refractivity contribution is 7.89. The van der Waals surface area contributed by atoms with E-state index in [1.54, 1.807) is 31.4 Å². The third-order valence-electron chi connectivity index (χ3n) is 5.40. The molecule has 1 N–H and O–H groups in total. The molecule has 1 amide bonds. The summed E-state index contributed by atoms with van der Waals surface area (Å²) in [6.45, 7) is 0.717. The molecule has 2 aliphatic rings. The first-order valence-corrected chi connectivity index (χ1v) is 10.9. The first kappa shape index (κ1) is 19.2. The lowest BCUT2D eigenvalue weighted by atomic mass is 9.93. The van der Waals surface area contributed by atoms with Crippen molar-refractivity contribution in [3.05, 3.63) is 24.3 Å². The fourth-order valence-electron chi connectivity index (χ4n) is 3.84. The highest BCUT2D eigenvalue weighted by Gasteiger charge is 2.34. The van der Waals surface area contributed by atoms with E-state index in [0.29, 0.717) is 18.7 Å². The maximum absolute atomic E-state index is 12.9. The van der Waals surface area contributed by atoms with Gasteiger partial charge < -0.3 is 10.1 Å². The van der Waals surface area contributed by atoms with Gasteiger partial charge in [0.25, 0.3) is 0 Å². The molecule has 0 spiro atoms. The monoisotopic (exact) mass is 380 g/mol. The lowest BCUT2D eigenvalue weighted by Gasteiger charge is -2.32. The zero-order valence-corrected chi connectivity index (χ0v) is 16.1. The number of sulfonamides is 1. The van der Waals surface area contributed by atoms with Crippen molar-refractivity contribution in [3.63, 3.8) is 0 Å². The summed E-state index contributed by atoms with van der Waals surface area (Å²) in [5.41, 5.74) is 0. The number of piperidine rings is 1. The van der Waals surface area contributed by atoms with E-state index < -0.39 is 10.0 Å². The van der Waals surface area contributed by atoms with Gasteiger partial charge in [-0.3, -0.25) is 4.79 Å². The molecule has 144 valence electrons. The van der Waals surface area contributed by atoms with Crippen LogP contribution in [0, 0.1) is 5.92 Å². The zero-order chi connectivity index (χ0) is 18.6. The largest absolute Gasteiger partial charge is 0.497 e. The van der Waals surface area contributed by atoms with Crippen molar-refractivity contribution in [2.24, 2.45) is 5.92 Å². The van der Waals surface area contributed by atoms with E-state index >= 15 is 0 Å². The molecule has 0 unspecified atom stereocenters. The smallest absolute Gasteiger partial charge is 0.243 e. The van der Waals surface area contributed by atoms with Crippen molar-refractivity contribution in [2.45, 2.75) is 55.9 Å². The van der Waals surface area contributed by atoms with Crippen LogP contribution >= 0.6 is 0 Å². The molecule has 1 aromatic carbocycles. The van der Waals surface area contributed by atoms with Gasteiger partial charge in [-0.25, -0.2) is 8.42 Å². The summed E-state index contributed by atoms with van der Waals surface area (Å²) in [6, 6.07) is 6.65. The number of ether oxygens (including phenoxy) is 1. The van der Waals surface area contributed by atoms with Gasteiger partial charge in [0, 0.05) is 19.1 Å². The summed E-state index contributed by atoms with van der Waals surface area (Å²) in [5, 5.41) is 3.14. The molecular weight excluding hydrogens is 352 g/mol. The van der Waals surface area contributed by atoms with Crippen LogP contribution < -0.4 is 10.1 Å². The predicted octanol–water partition coefficient (Wildman–Crippen LogP) is 2.54. The summed E-state index contributed by atoms with van der Waals surface area (Å²) < 4.78 is 32.3. The Kier molecular flexibility index (Phi) is 6.19. The minimum atomic E-state index is -3.59. The molecule has 26 heavy (non-hydrogen) atoms. The molecule has 1 atom stereocenters. The van der Waals surface area contributed by atoms with E-state index in [0.717, 1.165) is 32.1 Å². The molecule has 2 fully saturated rings. The molecule has 0 bridgehead atoms. The first-order chi connectivity index (χ1) is 12.5. The Morgan fingerprint density at radius 3 is 2.42 bits per heavy atom. The molecule has 6 nitrogen and oxygen atoms in total. The molecule has 7 heteroatoms. The maximum Gasteiger partial charge on any atom is 0.243 e. The van der Waals surface area contributed by atoms with Crippen LogP contribution in [0.2, 0.25) is 0 Å². The van der Waals surface area contributed by atoms with Crippen LogP contribution in [0.5, 0.6) is 5.75 Å². The van der Waals surface area contributed by atoms with Gasteiger partial charge in [-0.05, 0) is 49.9 Å². The summed E-state index contributed by atoms with van der Waals surface area (Å²) in [6.07, 6.45) is 7.08. The number of carbonyl (C=O) groups is 1. The number of benzene rings is 1. The highest BCUT2D eigenvalue weighted by atomic mass is 32.2. The first-order valence-electron chi connectivity index (χ1n) is 9.45. The van der Waals surface area contributed by atoms with Crippen molar-refractivity contribution in [1.82, 2.24) is 9.62 Å². The lowest BCUT2D eigenvalue weighted by molar-refractivity contribution is -0.127. The second kappa shape index (κ2) is 8.39. The van der Waals surface area contributed by atoms with Crippen LogP contribution in [0.4, 0.5) is 0 Å². The summed E-state index contributed by atoms with van der Waals surface area (Å²) in [5.74, 6) is 0.359. The Labute approximate surface area is 156 Å². The van der Waals surface area contributed by atoms with Gasteiger partial charge in [0.15, 0.2) is 0 Å². The molecular formula is C19H28N2O4S. The average molecular weight is 381 g/mol. The maximum atomic E-state index is 12.9. The highest BCUT2D eigenvalue weighted by Crippen LogP contribution is 2.26. The van der Waals surface area contributed by atoms with Crippen LogP contribution in [0.3, 0.4) is 0 Å². The average Bonchev–Trinajstić information content (AvgIpc) is 2.69. The molecule has 0 aromatic heterocycles. The van der Waals surface area contributed by atoms with E-state index in [1.165, 1.54) is 10.7 Å². The van der Waals surface area contributed by atoms with Crippen LogP contribution in [0.25, 0.3) is 0 Å². The Hall–Kier alpha value is -1.60. The predicted molar refractivity (Wildman–Crippen MR) is 99.5 cm³/mol.